The normalized spacial score (nSPS) is 10.9. The number of carbonyl (C=O) groups excluding carboxylic acids is 1. The maximum Gasteiger partial charge on any atom is 0.283 e. The van der Waals surface area contributed by atoms with Crippen LogP contribution < -0.4 is 5.43 Å². The van der Waals surface area contributed by atoms with Gasteiger partial charge >= 0.3 is 0 Å². The molecule has 1 aromatic carbocycles. The fourth-order valence-electron chi connectivity index (χ4n) is 1.53. The summed E-state index contributed by atoms with van der Waals surface area (Å²) in [6.45, 7) is 3.59. The Labute approximate surface area is 114 Å². The van der Waals surface area contributed by atoms with Gasteiger partial charge in [0, 0.05) is 5.56 Å². The number of carbonyl (C=O) groups is 1. The van der Waals surface area contributed by atoms with Crippen LogP contribution in [0.25, 0.3) is 0 Å². The number of aromatic nitrogens is 1. The molecule has 0 fully saturated rings. The largest absolute Gasteiger partial charge is 0.283 e. The molecule has 2 rings (SSSR count). The first-order chi connectivity index (χ1) is 9.08. The molecule has 0 radical (unpaired) electrons. The molecule has 0 saturated carbocycles. The first-order valence-electron chi connectivity index (χ1n) is 5.60. The number of rotatable bonds is 3. The Balaban J connectivity index is 2.05. The van der Waals surface area contributed by atoms with Gasteiger partial charge in [0.25, 0.3) is 5.91 Å². The summed E-state index contributed by atoms with van der Waals surface area (Å²) in [5.74, 6) is -0.721. The molecular weight excluding hydrogens is 265 g/mol. The first kappa shape index (κ1) is 13.4. The summed E-state index contributed by atoms with van der Waals surface area (Å²) in [6.07, 6.45) is 1.27. The van der Waals surface area contributed by atoms with Gasteiger partial charge in [0.1, 0.15) is 10.7 Å². The molecular formula is C13H12FN3OS. The number of nitrogens with one attached hydrogen (secondary N) is 1. The van der Waals surface area contributed by atoms with Crippen LogP contribution in [-0.2, 0) is 0 Å². The van der Waals surface area contributed by atoms with E-state index in [1.54, 1.807) is 25.1 Å². The van der Waals surface area contributed by atoms with Crippen LogP contribution in [-0.4, -0.2) is 17.1 Å². The van der Waals surface area contributed by atoms with Crippen LogP contribution in [0.4, 0.5) is 4.39 Å². The van der Waals surface area contributed by atoms with Crippen LogP contribution in [0.5, 0.6) is 0 Å². The van der Waals surface area contributed by atoms with Crippen LogP contribution >= 0.6 is 11.3 Å². The molecule has 0 bridgehead atoms. The van der Waals surface area contributed by atoms with Crippen molar-refractivity contribution in [2.24, 2.45) is 5.10 Å². The molecule has 4 nitrogen and oxygen atoms in total. The molecule has 1 aromatic heterocycles. The van der Waals surface area contributed by atoms with Crippen molar-refractivity contribution >= 4 is 23.5 Å². The van der Waals surface area contributed by atoms with Gasteiger partial charge in [-0.3, -0.25) is 4.79 Å². The summed E-state index contributed by atoms with van der Waals surface area (Å²) >= 11 is 1.30. The fourth-order valence-corrected chi connectivity index (χ4v) is 2.34. The van der Waals surface area contributed by atoms with Gasteiger partial charge in [-0.1, -0.05) is 18.2 Å². The number of aryl methyl sites for hydroxylation is 2. The minimum absolute atomic E-state index is 0.319. The molecule has 1 amide bonds. The Morgan fingerprint density at radius 2 is 2.16 bits per heavy atom. The van der Waals surface area contributed by atoms with Gasteiger partial charge in [0.2, 0.25) is 0 Å². The summed E-state index contributed by atoms with van der Waals surface area (Å²) in [7, 11) is 0. The van der Waals surface area contributed by atoms with Gasteiger partial charge in [0.15, 0.2) is 0 Å². The molecule has 0 spiro atoms. The SMILES string of the molecule is Cc1nc(C)c(C(=O)N/N=C/c2ccccc2F)s1. The Morgan fingerprint density at radius 1 is 1.42 bits per heavy atom. The third-order valence-electron chi connectivity index (χ3n) is 2.38. The second-order valence-electron chi connectivity index (χ2n) is 3.87. The van der Waals surface area contributed by atoms with Crippen molar-refractivity contribution in [3.05, 3.63) is 51.2 Å². The highest BCUT2D eigenvalue weighted by molar-refractivity contribution is 7.13. The van der Waals surface area contributed by atoms with E-state index in [4.69, 9.17) is 0 Å². The number of hydrazone groups is 1. The molecule has 1 N–H and O–H groups in total. The van der Waals surface area contributed by atoms with E-state index >= 15 is 0 Å². The minimum atomic E-state index is -0.384. The molecule has 6 heteroatoms. The zero-order valence-electron chi connectivity index (χ0n) is 10.5. The molecule has 0 unspecified atom stereocenters. The summed E-state index contributed by atoms with van der Waals surface area (Å²) in [5.41, 5.74) is 3.35. The molecule has 98 valence electrons. The quantitative estimate of drug-likeness (QED) is 0.692. The number of hydrogen-bond donors (Lipinski definition) is 1. The van der Waals surface area contributed by atoms with Crippen molar-refractivity contribution in [3.8, 4) is 0 Å². The highest BCUT2D eigenvalue weighted by Gasteiger charge is 2.12. The van der Waals surface area contributed by atoms with E-state index in [1.165, 1.54) is 23.6 Å². The maximum atomic E-state index is 13.3. The van der Waals surface area contributed by atoms with E-state index in [0.29, 0.717) is 16.1 Å². The van der Waals surface area contributed by atoms with E-state index in [9.17, 15) is 9.18 Å². The Hall–Kier alpha value is -2.08. The van der Waals surface area contributed by atoms with Crippen molar-refractivity contribution < 1.29 is 9.18 Å². The van der Waals surface area contributed by atoms with Crippen molar-refractivity contribution in [1.29, 1.82) is 0 Å². The van der Waals surface area contributed by atoms with E-state index in [1.807, 2.05) is 6.92 Å². The Morgan fingerprint density at radius 3 is 2.79 bits per heavy atom. The zero-order valence-corrected chi connectivity index (χ0v) is 11.3. The van der Waals surface area contributed by atoms with Gasteiger partial charge in [-0.05, 0) is 19.9 Å². The maximum absolute atomic E-state index is 13.3. The second kappa shape index (κ2) is 5.71. The Kier molecular flexibility index (Phi) is 4.01. The third kappa shape index (κ3) is 3.23. The van der Waals surface area contributed by atoms with Crippen LogP contribution in [0.1, 0.15) is 25.9 Å². The summed E-state index contributed by atoms with van der Waals surface area (Å²) in [4.78, 5) is 16.5. The van der Waals surface area contributed by atoms with Crippen molar-refractivity contribution in [2.75, 3.05) is 0 Å². The number of hydrogen-bond acceptors (Lipinski definition) is 4. The molecule has 19 heavy (non-hydrogen) atoms. The smallest absolute Gasteiger partial charge is 0.266 e. The van der Waals surface area contributed by atoms with Crippen molar-refractivity contribution in [1.82, 2.24) is 10.4 Å². The van der Waals surface area contributed by atoms with Crippen molar-refractivity contribution in [3.63, 3.8) is 0 Å². The summed E-state index contributed by atoms with van der Waals surface area (Å²) < 4.78 is 13.3. The number of amides is 1. The van der Waals surface area contributed by atoms with Gasteiger partial charge in [-0.2, -0.15) is 5.10 Å². The lowest BCUT2D eigenvalue weighted by atomic mass is 10.2. The first-order valence-corrected chi connectivity index (χ1v) is 6.41. The van der Waals surface area contributed by atoms with Gasteiger partial charge in [-0.15, -0.1) is 11.3 Å². The highest BCUT2D eigenvalue weighted by atomic mass is 32.1. The van der Waals surface area contributed by atoms with Crippen LogP contribution in [0, 0.1) is 19.7 Å². The topological polar surface area (TPSA) is 54.4 Å². The van der Waals surface area contributed by atoms with Gasteiger partial charge in [-0.25, -0.2) is 14.8 Å². The van der Waals surface area contributed by atoms with Gasteiger partial charge < -0.3 is 0 Å². The lowest BCUT2D eigenvalue weighted by Crippen LogP contribution is -2.17. The minimum Gasteiger partial charge on any atom is -0.266 e. The highest BCUT2D eigenvalue weighted by Crippen LogP contribution is 2.16. The van der Waals surface area contributed by atoms with Gasteiger partial charge in [0.05, 0.1) is 16.9 Å². The zero-order chi connectivity index (χ0) is 13.8. The van der Waals surface area contributed by atoms with E-state index < -0.39 is 0 Å². The summed E-state index contributed by atoms with van der Waals surface area (Å²) in [5, 5.41) is 4.56. The number of thiazole rings is 1. The second-order valence-corrected chi connectivity index (χ2v) is 5.07. The molecule has 0 atom stereocenters. The third-order valence-corrected chi connectivity index (χ3v) is 3.46. The lowest BCUT2D eigenvalue weighted by Gasteiger charge is -1.97. The van der Waals surface area contributed by atoms with E-state index in [-0.39, 0.29) is 11.7 Å². The number of nitrogens with zero attached hydrogens (tertiary/aromatic N) is 2. The molecule has 0 saturated heterocycles. The molecule has 1 heterocycles. The Bertz CT molecular complexity index is 637. The van der Waals surface area contributed by atoms with Crippen LogP contribution in [0.15, 0.2) is 29.4 Å². The monoisotopic (exact) mass is 277 g/mol. The standard InChI is InChI=1S/C13H12FN3OS/c1-8-12(19-9(2)16-8)13(18)17-15-7-10-5-3-4-6-11(10)14/h3-7H,1-2H3,(H,17,18)/b15-7+. The summed E-state index contributed by atoms with van der Waals surface area (Å²) in [6, 6.07) is 6.20. The van der Waals surface area contributed by atoms with Crippen LogP contribution in [0.3, 0.4) is 0 Å². The number of halogens is 1. The molecule has 0 aliphatic heterocycles. The lowest BCUT2D eigenvalue weighted by molar-refractivity contribution is 0.0958. The fraction of sp³-hybridized carbons (Fsp3) is 0.154. The van der Waals surface area contributed by atoms with Crippen molar-refractivity contribution in [2.45, 2.75) is 13.8 Å². The number of benzene rings is 1. The van der Waals surface area contributed by atoms with Crippen LogP contribution in [0.2, 0.25) is 0 Å². The molecule has 0 aliphatic rings. The van der Waals surface area contributed by atoms with E-state index in [2.05, 4.69) is 15.5 Å². The van der Waals surface area contributed by atoms with E-state index in [0.717, 1.165) is 5.01 Å². The predicted octanol–water partition coefficient (Wildman–Crippen LogP) is 2.66. The molecule has 2 aromatic rings. The average molecular weight is 277 g/mol. The predicted molar refractivity (Wildman–Crippen MR) is 73.0 cm³/mol. The average Bonchev–Trinajstić information content (AvgIpc) is 2.71. The molecule has 0 aliphatic carbocycles.